The average molecular weight is 362 g/mol. The van der Waals surface area contributed by atoms with Crippen LogP contribution in [0.25, 0.3) is 0 Å². The van der Waals surface area contributed by atoms with Gasteiger partial charge in [0.15, 0.2) is 6.10 Å². The van der Waals surface area contributed by atoms with Crippen LogP contribution >= 0.6 is 22.6 Å². The molecule has 1 unspecified atom stereocenters. The summed E-state index contributed by atoms with van der Waals surface area (Å²) < 4.78 is 6.61. The van der Waals surface area contributed by atoms with Crippen molar-refractivity contribution < 1.29 is 14.6 Å². The smallest absolute Gasteiger partial charge is 0.345 e. The van der Waals surface area contributed by atoms with E-state index in [9.17, 15) is 9.90 Å². The highest BCUT2D eigenvalue weighted by Crippen LogP contribution is 2.29. The minimum absolute atomic E-state index is 0.446. The van der Waals surface area contributed by atoms with E-state index in [1.807, 2.05) is 39.0 Å². The lowest BCUT2D eigenvalue weighted by Crippen LogP contribution is -2.39. The molecule has 0 amide bonds. The molecular weight excluding hydrogens is 343 g/mol. The average Bonchev–Trinajstić information content (AvgIpc) is 2.24. The van der Waals surface area contributed by atoms with Crippen LogP contribution in [0.5, 0.6) is 5.75 Å². The molecule has 0 aliphatic rings. The second-order valence-electron chi connectivity index (χ2n) is 5.32. The number of carbonyl (C=O) groups is 1. The number of benzene rings is 1. The molecule has 0 aliphatic heterocycles. The summed E-state index contributed by atoms with van der Waals surface area (Å²) in [7, 11) is 0. The van der Waals surface area contributed by atoms with E-state index in [1.54, 1.807) is 0 Å². The number of carboxylic acids is 1. The van der Waals surface area contributed by atoms with Crippen LogP contribution in [0, 0.1) is 8.99 Å². The summed E-state index contributed by atoms with van der Waals surface area (Å²) in [5.74, 6) is -0.298. The van der Waals surface area contributed by atoms with E-state index in [0.717, 1.165) is 9.99 Å². The SMILES string of the molecule is CCc1ccc(OC(C(=O)O)C(C)(C)C)c(I)c1. The summed E-state index contributed by atoms with van der Waals surface area (Å²) >= 11 is 2.18. The van der Waals surface area contributed by atoms with E-state index in [2.05, 4.69) is 29.5 Å². The van der Waals surface area contributed by atoms with Gasteiger partial charge in [0.25, 0.3) is 0 Å². The number of aryl methyl sites for hydroxylation is 1. The van der Waals surface area contributed by atoms with Crippen LogP contribution in [0.2, 0.25) is 0 Å². The van der Waals surface area contributed by atoms with Crippen LogP contribution in [0.4, 0.5) is 0 Å². The molecule has 0 bridgehead atoms. The number of carboxylic acid groups (broad SMARTS) is 1. The second kappa shape index (κ2) is 5.91. The van der Waals surface area contributed by atoms with E-state index >= 15 is 0 Å². The van der Waals surface area contributed by atoms with Gasteiger partial charge in [-0.15, -0.1) is 0 Å². The molecule has 4 heteroatoms. The highest BCUT2D eigenvalue weighted by atomic mass is 127. The Morgan fingerprint density at radius 2 is 2.06 bits per heavy atom. The van der Waals surface area contributed by atoms with Crippen LogP contribution in [0.3, 0.4) is 0 Å². The van der Waals surface area contributed by atoms with Gasteiger partial charge < -0.3 is 9.84 Å². The number of hydrogen-bond acceptors (Lipinski definition) is 2. The largest absolute Gasteiger partial charge is 0.478 e. The first-order valence-corrected chi connectivity index (χ1v) is 7.01. The second-order valence-corrected chi connectivity index (χ2v) is 6.48. The van der Waals surface area contributed by atoms with Crippen molar-refractivity contribution >= 4 is 28.6 Å². The highest BCUT2D eigenvalue weighted by molar-refractivity contribution is 14.1. The number of ether oxygens (including phenoxy) is 1. The number of rotatable bonds is 4. The van der Waals surface area contributed by atoms with Gasteiger partial charge in [0.2, 0.25) is 0 Å². The minimum Gasteiger partial charge on any atom is -0.478 e. The van der Waals surface area contributed by atoms with Crippen LogP contribution in [-0.2, 0) is 11.2 Å². The lowest BCUT2D eigenvalue weighted by atomic mass is 9.89. The van der Waals surface area contributed by atoms with E-state index in [1.165, 1.54) is 5.56 Å². The van der Waals surface area contributed by atoms with Gasteiger partial charge in [-0.05, 0) is 46.7 Å². The summed E-state index contributed by atoms with van der Waals surface area (Å²) in [4.78, 5) is 11.3. The van der Waals surface area contributed by atoms with Crippen LogP contribution < -0.4 is 4.74 Å². The third-order valence-corrected chi connectivity index (χ3v) is 3.50. The predicted octanol–water partition coefficient (Wildman–Crippen LogP) is 3.73. The molecule has 1 N–H and O–H groups in total. The maximum atomic E-state index is 11.3. The molecular formula is C14H19IO3. The van der Waals surface area contributed by atoms with Gasteiger partial charge in [-0.2, -0.15) is 0 Å². The summed E-state index contributed by atoms with van der Waals surface area (Å²) in [6, 6.07) is 5.85. The molecule has 0 fully saturated rings. The van der Waals surface area contributed by atoms with Crippen molar-refractivity contribution in [2.75, 3.05) is 0 Å². The maximum Gasteiger partial charge on any atom is 0.345 e. The van der Waals surface area contributed by atoms with Gasteiger partial charge in [0.1, 0.15) is 5.75 Å². The van der Waals surface area contributed by atoms with E-state index < -0.39 is 17.5 Å². The van der Waals surface area contributed by atoms with Crippen molar-refractivity contribution in [3.63, 3.8) is 0 Å². The molecule has 1 atom stereocenters. The Hall–Kier alpha value is -0.780. The zero-order chi connectivity index (χ0) is 13.9. The van der Waals surface area contributed by atoms with Gasteiger partial charge in [-0.3, -0.25) is 0 Å². The molecule has 1 rings (SSSR count). The Morgan fingerprint density at radius 1 is 1.44 bits per heavy atom. The van der Waals surface area contributed by atoms with Gasteiger partial charge in [0.05, 0.1) is 3.57 Å². The summed E-state index contributed by atoms with van der Waals surface area (Å²) in [6.07, 6.45) is 0.108. The fourth-order valence-electron chi connectivity index (χ4n) is 1.58. The van der Waals surface area contributed by atoms with Crippen LogP contribution in [0.15, 0.2) is 18.2 Å². The van der Waals surface area contributed by atoms with Crippen molar-refractivity contribution in [1.82, 2.24) is 0 Å². The Balaban J connectivity index is 2.98. The molecule has 3 nitrogen and oxygen atoms in total. The first-order chi connectivity index (χ1) is 8.25. The number of aliphatic carboxylic acids is 1. The molecule has 0 heterocycles. The van der Waals surface area contributed by atoms with Gasteiger partial charge in [-0.1, -0.05) is 33.8 Å². The topological polar surface area (TPSA) is 46.5 Å². The molecule has 0 saturated heterocycles. The lowest BCUT2D eigenvalue weighted by Gasteiger charge is -2.28. The zero-order valence-corrected chi connectivity index (χ0v) is 13.3. The highest BCUT2D eigenvalue weighted by Gasteiger charge is 2.33. The van der Waals surface area contributed by atoms with Crippen molar-refractivity contribution in [3.05, 3.63) is 27.3 Å². The maximum absolute atomic E-state index is 11.3. The van der Waals surface area contributed by atoms with Crippen molar-refractivity contribution in [2.45, 2.75) is 40.2 Å². The molecule has 0 spiro atoms. The van der Waals surface area contributed by atoms with Crippen LogP contribution in [-0.4, -0.2) is 17.2 Å². The zero-order valence-electron chi connectivity index (χ0n) is 11.2. The van der Waals surface area contributed by atoms with E-state index in [-0.39, 0.29) is 0 Å². The fourth-order valence-corrected chi connectivity index (χ4v) is 2.29. The van der Waals surface area contributed by atoms with Crippen LogP contribution in [0.1, 0.15) is 33.3 Å². The molecule has 0 aromatic heterocycles. The normalized spacial score (nSPS) is 13.2. The van der Waals surface area contributed by atoms with Gasteiger partial charge in [-0.25, -0.2) is 4.79 Å². The Bertz CT molecular complexity index is 435. The molecule has 0 saturated carbocycles. The van der Waals surface area contributed by atoms with Gasteiger partial charge in [0, 0.05) is 5.41 Å². The predicted molar refractivity (Wildman–Crippen MR) is 80.0 cm³/mol. The Labute approximate surface area is 122 Å². The monoisotopic (exact) mass is 362 g/mol. The molecule has 1 aromatic carbocycles. The number of halogens is 1. The third-order valence-electron chi connectivity index (χ3n) is 2.66. The molecule has 0 radical (unpaired) electrons. The Morgan fingerprint density at radius 3 is 2.44 bits per heavy atom. The minimum atomic E-state index is -0.933. The van der Waals surface area contributed by atoms with Crippen molar-refractivity contribution in [1.29, 1.82) is 0 Å². The molecule has 0 aliphatic carbocycles. The van der Waals surface area contributed by atoms with Gasteiger partial charge >= 0.3 is 5.97 Å². The lowest BCUT2D eigenvalue weighted by molar-refractivity contribution is -0.150. The standard InChI is InChI=1S/C14H19IO3/c1-5-9-6-7-11(10(15)8-9)18-12(13(16)17)14(2,3)4/h6-8,12H,5H2,1-4H3,(H,16,17). The molecule has 100 valence electrons. The Kier molecular flexibility index (Phi) is 5.01. The molecule has 18 heavy (non-hydrogen) atoms. The number of hydrogen-bond donors (Lipinski definition) is 1. The molecule has 1 aromatic rings. The summed E-state index contributed by atoms with van der Waals surface area (Å²) in [5, 5.41) is 9.23. The van der Waals surface area contributed by atoms with Crippen molar-refractivity contribution in [2.24, 2.45) is 5.41 Å². The third kappa shape index (κ3) is 3.86. The first-order valence-electron chi connectivity index (χ1n) is 5.93. The van der Waals surface area contributed by atoms with Crippen molar-refractivity contribution in [3.8, 4) is 5.75 Å². The van der Waals surface area contributed by atoms with E-state index in [4.69, 9.17) is 4.74 Å². The quantitative estimate of drug-likeness (QED) is 0.831. The summed E-state index contributed by atoms with van der Waals surface area (Å²) in [6.45, 7) is 7.67. The first kappa shape index (κ1) is 15.3. The van der Waals surface area contributed by atoms with E-state index in [0.29, 0.717) is 5.75 Å². The summed E-state index contributed by atoms with van der Waals surface area (Å²) in [5.41, 5.74) is 0.771. The fraction of sp³-hybridized carbons (Fsp3) is 0.500.